The molecule has 0 nitrogen and oxygen atoms in total. The average Bonchev–Trinajstić information content (AvgIpc) is 2.38. The summed E-state index contributed by atoms with van der Waals surface area (Å²) in [6, 6.07) is 19.6. The molecule has 80 valence electrons. The lowest BCUT2D eigenvalue weighted by atomic mass is 9.55. The lowest BCUT2D eigenvalue weighted by Gasteiger charge is -2.48. The number of hydrogen-bond acceptors (Lipinski definition) is 0. The minimum atomic E-state index is 0.206. The SMILES string of the molecule is CC1c2ccccc2C1(C)c1ccccc1. The Balaban J connectivity index is 2.16. The fraction of sp³-hybridized carbons (Fsp3) is 0.250. The van der Waals surface area contributed by atoms with Crippen LogP contribution in [0.3, 0.4) is 0 Å². The molecule has 0 saturated carbocycles. The number of benzene rings is 2. The third kappa shape index (κ3) is 1.05. The summed E-state index contributed by atoms with van der Waals surface area (Å²) in [4.78, 5) is 0. The Kier molecular flexibility index (Phi) is 1.94. The van der Waals surface area contributed by atoms with Crippen LogP contribution >= 0.6 is 0 Å². The summed E-state index contributed by atoms with van der Waals surface area (Å²) in [5.74, 6) is 0.617. The highest BCUT2D eigenvalue weighted by atomic mass is 14.5. The summed E-state index contributed by atoms with van der Waals surface area (Å²) in [7, 11) is 0. The van der Waals surface area contributed by atoms with Gasteiger partial charge in [0.05, 0.1) is 0 Å². The molecule has 0 saturated heterocycles. The molecular formula is C16H16. The molecular weight excluding hydrogens is 192 g/mol. The largest absolute Gasteiger partial charge is 0.0622 e. The maximum absolute atomic E-state index is 2.36. The summed E-state index contributed by atoms with van der Waals surface area (Å²) >= 11 is 0. The van der Waals surface area contributed by atoms with Gasteiger partial charge >= 0.3 is 0 Å². The Morgan fingerprint density at radius 2 is 1.50 bits per heavy atom. The van der Waals surface area contributed by atoms with Crippen LogP contribution < -0.4 is 0 Å². The average molecular weight is 208 g/mol. The number of hydrogen-bond donors (Lipinski definition) is 0. The standard InChI is InChI=1S/C16H16/c1-12-14-10-6-7-11-15(14)16(12,2)13-8-4-3-5-9-13/h3-12H,1-2H3. The zero-order valence-electron chi connectivity index (χ0n) is 9.77. The van der Waals surface area contributed by atoms with Crippen molar-refractivity contribution in [2.75, 3.05) is 0 Å². The molecule has 16 heavy (non-hydrogen) atoms. The van der Waals surface area contributed by atoms with Gasteiger partial charge in [-0.15, -0.1) is 0 Å². The van der Waals surface area contributed by atoms with E-state index in [2.05, 4.69) is 68.4 Å². The van der Waals surface area contributed by atoms with Crippen molar-refractivity contribution in [3.8, 4) is 0 Å². The number of rotatable bonds is 1. The molecule has 0 heterocycles. The van der Waals surface area contributed by atoms with Crippen molar-refractivity contribution in [3.63, 3.8) is 0 Å². The van der Waals surface area contributed by atoms with Gasteiger partial charge in [-0.3, -0.25) is 0 Å². The Hall–Kier alpha value is -1.56. The van der Waals surface area contributed by atoms with Gasteiger partial charge in [0.1, 0.15) is 0 Å². The minimum absolute atomic E-state index is 0.206. The van der Waals surface area contributed by atoms with Crippen molar-refractivity contribution in [2.24, 2.45) is 0 Å². The highest BCUT2D eigenvalue weighted by molar-refractivity contribution is 5.56. The summed E-state index contributed by atoms with van der Waals surface area (Å²) < 4.78 is 0. The second kappa shape index (κ2) is 3.21. The summed E-state index contributed by atoms with van der Waals surface area (Å²) in [5.41, 5.74) is 4.64. The molecule has 1 aliphatic carbocycles. The molecule has 2 atom stereocenters. The third-order valence-electron chi connectivity index (χ3n) is 4.23. The first kappa shape index (κ1) is 9.65. The molecule has 2 aromatic carbocycles. The van der Waals surface area contributed by atoms with E-state index in [1.807, 2.05) is 0 Å². The molecule has 0 heteroatoms. The van der Waals surface area contributed by atoms with Crippen LogP contribution in [0, 0.1) is 0 Å². The predicted molar refractivity (Wildman–Crippen MR) is 67.8 cm³/mol. The Morgan fingerprint density at radius 1 is 0.875 bits per heavy atom. The first-order chi connectivity index (χ1) is 7.74. The molecule has 1 aliphatic rings. The summed E-state index contributed by atoms with van der Waals surface area (Å²) in [6.07, 6.45) is 0. The van der Waals surface area contributed by atoms with E-state index in [4.69, 9.17) is 0 Å². The van der Waals surface area contributed by atoms with E-state index in [9.17, 15) is 0 Å². The van der Waals surface area contributed by atoms with Crippen molar-refractivity contribution in [2.45, 2.75) is 25.2 Å². The van der Waals surface area contributed by atoms with Gasteiger partial charge in [0.2, 0.25) is 0 Å². The Morgan fingerprint density at radius 3 is 2.25 bits per heavy atom. The van der Waals surface area contributed by atoms with E-state index in [0.29, 0.717) is 5.92 Å². The van der Waals surface area contributed by atoms with Crippen LogP contribution in [0.2, 0.25) is 0 Å². The first-order valence-corrected chi connectivity index (χ1v) is 5.89. The van der Waals surface area contributed by atoms with Crippen LogP contribution in [0.5, 0.6) is 0 Å². The molecule has 0 aliphatic heterocycles. The lowest BCUT2D eigenvalue weighted by Crippen LogP contribution is -2.40. The molecule has 0 N–H and O–H groups in total. The van der Waals surface area contributed by atoms with E-state index in [1.54, 1.807) is 0 Å². The zero-order valence-corrected chi connectivity index (χ0v) is 9.77. The van der Waals surface area contributed by atoms with E-state index in [-0.39, 0.29) is 5.41 Å². The third-order valence-corrected chi connectivity index (χ3v) is 4.23. The van der Waals surface area contributed by atoms with Crippen LogP contribution in [0.25, 0.3) is 0 Å². The van der Waals surface area contributed by atoms with E-state index in [0.717, 1.165) is 0 Å². The van der Waals surface area contributed by atoms with Crippen molar-refractivity contribution < 1.29 is 0 Å². The smallest absolute Gasteiger partial charge is 0.0243 e. The zero-order chi connectivity index (χ0) is 11.2. The van der Waals surface area contributed by atoms with Crippen LogP contribution in [0.1, 0.15) is 36.5 Å². The van der Waals surface area contributed by atoms with Crippen molar-refractivity contribution in [3.05, 3.63) is 71.3 Å². The molecule has 2 aromatic rings. The molecule has 0 radical (unpaired) electrons. The van der Waals surface area contributed by atoms with Gasteiger partial charge in [-0.2, -0.15) is 0 Å². The maximum Gasteiger partial charge on any atom is 0.0243 e. The van der Waals surface area contributed by atoms with Gasteiger partial charge in [0.25, 0.3) is 0 Å². The van der Waals surface area contributed by atoms with Gasteiger partial charge in [0.15, 0.2) is 0 Å². The maximum atomic E-state index is 2.36. The van der Waals surface area contributed by atoms with Gasteiger partial charge in [-0.1, -0.05) is 68.4 Å². The van der Waals surface area contributed by atoms with Crippen LogP contribution in [0.15, 0.2) is 54.6 Å². The quantitative estimate of drug-likeness (QED) is 0.661. The summed E-state index contributed by atoms with van der Waals surface area (Å²) in [6.45, 7) is 4.69. The molecule has 0 aromatic heterocycles. The van der Waals surface area contributed by atoms with E-state index >= 15 is 0 Å². The molecule has 3 rings (SSSR count). The fourth-order valence-corrected chi connectivity index (χ4v) is 3.00. The highest BCUT2D eigenvalue weighted by Gasteiger charge is 2.45. The second-order valence-corrected chi connectivity index (χ2v) is 4.88. The second-order valence-electron chi connectivity index (χ2n) is 4.88. The Labute approximate surface area is 96.9 Å². The molecule has 0 bridgehead atoms. The van der Waals surface area contributed by atoms with Crippen molar-refractivity contribution >= 4 is 0 Å². The molecule has 0 amide bonds. The van der Waals surface area contributed by atoms with Crippen molar-refractivity contribution in [1.82, 2.24) is 0 Å². The minimum Gasteiger partial charge on any atom is -0.0622 e. The predicted octanol–water partition coefficient (Wildman–Crippen LogP) is 4.11. The molecule has 2 unspecified atom stereocenters. The number of fused-ring (bicyclic) bond motifs is 1. The Bertz CT molecular complexity index is 513. The first-order valence-electron chi connectivity index (χ1n) is 5.89. The highest BCUT2D eigenvalue weighted by Crippen LogP contribution is 2.54. The van der Waals surface area contributed by atoms with Crippen LogP contribution in [-0.4, -0.2) is 0 Å². The van der Waals surface area contributed by atoms with Crippen molar-refractivity contribution in [1.29, 1.82) is 0 Å². The normalized spacial score (nSPS) is 27.0. The lowest BCUT2D eigenvalue weighted by molar-refractivity contribution is 0.405. The van der Waals surface area contributed by atoms with E-state index in [1.165, 1.54) is 16.7 Å². The molecule has 0 fully saturated rings. The van der Waals surface area contributed by atoms with Crippen LogP contribution in [0.4, 0.5) is 0 Å². The molecule has 0 spiro atoms. The summed E-state index contributed by atoms with van der Waals surface area (Å²) in [5, 5.41) is 0. The van der Waals surface area contributed by atoms with Gasteiger partial charge in [-0.25, -0.2) is 0 Å². The van der Waals surface area contributed by atoms with Gasteiger partial charge in [0, 0.05) is 5.41 Å². The fourth-order valence-electron chi connectivity index (χ4n) is 3.00. The van der Waals surface area contributed by atoms with E-state index < -0.39 is 0 Å². The monoisotopic (exact) mass is 208 g/mol. The topological polar surface area (TPSA) is 0 Å². The van der Waals surface area contributed by atoms with Crippen LogP contribution in [-0.2, 0) is 5.41 Å². The van der Waals surface area contributed by atoms with Gasteiger partial charge < -0.3 is 0 Å². The van der Waals surface area contributed by atoms with Gasteiger partial charge in [-0.05, 0) is 22.6 Å².